The van der Waals surface area contributed by atoms with Crippen LogP contribution in [0.15, 0.2) is 0 Å². The minimum atomic E-state index is -0.219. The molecule has 17 heavy (non-hydrogen) atoms. The molecule has 0 radical (unpaired) electrons. The van der Waals surface area contributed by atoms with E-state index in [9.17, 15) is 4.79 Å². The van der Waals surface area contributed by atoms with E-state index in [1.54, 1.807) is 0 Å². The third-order valence-electron chi connectivity index (χ3n) is 4.34. The fourth-order valence-corrected chi connectivity index (χ4v) is 3.26. The number of aldehydes is 1. The van der Waals surface area contributed by atoms with E-state index >= 15 is 0 Å². The minimum absolute atomic E-state index is 0.219. The molecule has 2 atom stereocenters. The van der Waals surface area contributed by atoms with Crippen LogP contribution >= 0.6 is 0 Å². The number of likely N-dealkylation sites (tertiary alicyclic amines) is 1. The van der Waals surface area contributed by atoms with Crippen molar-refractivity contribution in [3.05, 3.63) is 0 Å². The second-order valence-electron chi connectivity index (χ2n) is 5.66. The molecule has 2 rings (SSSR count). The number of hydrogen-bond donors (Lipinski definition) is 0. The van der Waals surface area contributed by atoms with Crippen LogP contribution < -0.4 is 0 Å². The van der Waals surface area contributed by atoms with Gasteiger partial charge in [0.1, 0.15) is 6.29 Å². The van der Waals surface area contributed by atoms with Crippen molar-refractivity contribution < 1.29 is 9.53 Å². The molecule has 2 unspecified atom stereocenters. The molecule has 0 saturated carbocycles. The van der Waals surface area contributed by atoms with Crippen molar-refractivity contribution >= 4 is 6.29 Å². The zero-order chi connectivity index (χ0) is 12.1. The molecule has 3 heteroatoms. The molecule has 0 N–H and O–H groups in total. The van der Waals surface area contributed by atoms with Gasteiger partial charge < -0.3 is 9.53 Å². The van der Waals surface area contributed by atoms with Crippen LogP contribution in [0.3, 0.4) is 0 Å². The summed E-state index contributed by atoms with van der Waals surface area (Å²) in [7, 11) is 0. The highest BCUT2D eigenvalue weighted by Crippen LogP contribution is 2.30. The molecular formula is C14H25NO2. The van der Waals surface area contributed by atoms with E-state index < -0.39 is 0 Å². The fourth-order valence-electron chi connectivity index (χ4n) is 3.26. The lowest BCUT2D eigenvalue weighted by molar-refractivity contribution is -0.126. The van der Waals surface area contributed by atoms with Gasteiger partial charge in [-0.2, -0.15) is 0 Å². The van der Waals surface area contributed by atoms with Crippen LogP contribution in [0.2, 0.25) is 0 Å². The summed E-state index contributed by atoms with van der Waals surface area (Å²) < 4.78 is 5.53. The zero-order valence-electron chi connectivity index (χ0n) is 11.0. The van der Waals surface area contributed by atoms with Gasteiger partial charge in [0.25, 0.3) is 0 Å². The van der Waals surface area contributed by atoms with E-state index in [0.29, 0.717) is 12.6 Å². The summed E-state index contributed by atoms with van der Waals surface area (Å²) in [6.45, 7) is 5.78. The molecule has 2 fully saturated rings. The van der Waals surface area contributed by atoms with Crippen molar-refractivity contribution in [2.45, 2.75) is 51.5 Å². The van der Waals surface area contributed by atoms with Gasteiger partial charge in [-0.05, 0) is 38.6 Å². The first kappa shape index (κ1) is 13.0. The molecule has 2 aliphatic rings. The van der Waals surface area contributed by atoms with Crippen LogP contribution in [0.1, 0.15) is 45.4 Å². The van der Waals surface area contributed by atoms with Crippen molar-refractivity contribution in [1.82, 2.24) is 4.90 Å². The van der Waals surface area contributed by atoms with Gasteiger partial charge in [-0.15, -0.1) is 0 Å². The van der Waals surface area contributed by atoms with Crippen molar-refractivity contribution in [2.24, 2.45) is 5.41 Å². The molecule has 0 aromatic rings. The van der Waals surface area contributed by atoms with Gasteiger partial charge in [0, 0.05) is 19.2 Å². The fraction of sp³-hybridized carbons (Fsp3) is 0.929. The summed E-state index contributed by atoms with van der Waals surface area (Å²) in [6.07, 6.45) is 8.33. The average molecular weight is 239 g/mol. The number of nitrogens with zero attached hydrogens (tertiary/aromatic N) is 1. The van der Waals surface area contributed by atoms with Crippen molar-refractivity contribution in [3.8, 4) is 0 Å². The number of carbonyl (C=O) groups is 1. The number of rotatable bonds is 4. The molecule has 0 bridgehead atoms. The molecule has 0 aliphatic carbocycles. The van der Waals surface area contributed by atoms with E-state index in [-0.39, 0.29) is 5.41 Å². The zero-order valence-corrected chi connectivity index (χ0v) is 11.0. The SMILES string of the molecule is CCC1CCCCN1CC1(C=O)CCCOC1. The highest BCUT2D eigenvalue weighted by atomic mass is 16.5. The Morgan fingerprint density at radius 2 is 2.29 bits per heavy atom. The lowest BCUT2D eigenvalue weighted by Crippen LogP contribution is -2.49. The van der Waals surface area contributed by atoms with Crippen molar-refractivity contribution in [3.63, 3.8) is 0 Å². The Labute approximate surface area is 105 Å². The lowest BCUT2D eigenvalue weighted by atomic mass is 9.82. The number of hydrogen-bond acceptors (Lipinski definition) is 3. The van der Waals surface area contributed by atoms with Gasteiger partial charge >= 0.3 is 0 Å². The lowest BCUT2D eigenvalue weighted by Gasteiger charge is -2.42. The monoisotopic (exact) mass is 239 g/mol. The van der Waals surface area contributed by atoms with E-state index in [2.05, 4.69) is 11.8 Å². The normalized spacial score (nSPS) is 35.7. The molecule has 0 aromatic heterocycles. The molecule has 2 saturated heterocycles. The maximum absolute atomic E-state index is 11.4. The van der Waals surface area contributed by atoms with Gasteiger partial charge in [-0.25, -0.2) is 0 Å². The van der Waals surface area contributed by atoms with Gasteiger partial charge in [0.15, 0.2) is 0 Å². The summed E-state index contributed by atoms with van der Waals surface area (Å²) in [5.41, 5.74) is -0.219. The van der Waals surface area contributed by atoms with Gasteiger partial charge in [-0.3, -0.25) is 4.90 Å². The molecule has 0 amide bonds. The standard InChI is InChI=1S/C14H25NO2/c1-2-13-6-3-4-8-15(13)10-14(11-16)7-5-9-17-12-14/h11,13H,2-10,12H2,1H3. The minimum Gasteiger partial charge on any atom is -0.380 e. The van der Waals surface area contributed by atoms with Gasteiger partial charge in [-0.1, -0.05) is 13.3 Å². The third-order valence-corrected chi connectivity index (χ3v) is 4.34. The summed E-state index contributed by atoms with van der Waals surface area (Å²) in [5.74, 6) is 0. The van der Waals surface area contributed by atoms with E-state index in [0.717, 1.165) is 38.8 Å². The summed E-state index contributed by atoms with van der Waals surface area (Å²) in [5, 5.41) is 0. The second kappa shape index (κ2) is 5.96. The first-order chi connectivity index (χ1) is 8.29. The average Bonchev–Trinajstić information content (AvgIpc) is 2.40. The largest absolute Gasteiger partial charge is 0.380 e. The molecule has 0 aromatic carbocycles. The second-order valence-corrected chi connectivity index (χ2v) is 5.66. The number of carbonyl (C=O) groups excluding carboxylic acids is 1. The topological polar surface area (TPSA) is 29.5 Å². The van der Waals surface area contributed by atoms with Crippen LogP contribution in [-0.2, 0) is 9.53 Å². The van der Waals surface area contributed by atoms with Gasteiger partial charge in [0.2, 0.25) is 0 Å². The Morgan fingerprint density at radius 3 is 2.94 bits per heavy atom. The molecule has 2 heterocycles. The molecule has 2 aliphatic heterocycles. The Morgan fingerprint density at radius 1 is 1.41 bits per heavy atom. The maximum atomic E-state index is 11.4. The van der Waals surface area contributed by atoms with Crippen LogP contribution in [0, 0.1) is 5.41 Å². The summed E-state index contributed by atoms with van der Waals surface area (Å²) in [6, 6.07) is 0.683. The highest BCUT2D eigenvalue weighted by molar-refractivity contribution is 5.60. The third kappa shape index (κ3) is 3.08. The van der Waals surface area contributed by atoms with E-state index in [4.69, 9.17) is 4.74 Å². The Balaban J connectivity index is 1.98. The van der Waals surface area contributed by atoms with Crippen LogP contribution in [0.4, 0.5) is 0 Å². The first-order valence-corrected chi connectivity index (χ1v) is 7.08. The molecular weight excluding hydrogens is 214 g/mol. The molecule has 3 nitrogen and oxygen atoms in total. The highest BCUT2D eigenvalue weighted by Gasteiger charge is 2.36. The number of piperidine rings is 1. The predicted octanol–water partition coefficient (Wildman–Crippen LogP) is 2.25. The molecule has 98 valence electrons. The van der Waals surface area contributed by atoms with Crippen LogP contribution in [0.5, 0.6) is 0 Å². The predicted molar refractivity (Wildman–Crippen MR) is 68.1 cm³/mol. The van der Waals surface area contributed by atoms with Gasteiger partial charge in [0.05, 0.1) is 12.0 Å². The smallest absolute Gasteiger partial charge is 0.129 e. The Hall–Kier alpha value is -0.410. The Bertz CT molecular complexity index is 249. The summed E-state index contributed by atoms with van der Waals surface area (Å²) >= 11 is 0. The molecule has 0 spiro atoms. The first-order valence-electron chi connectivity index (χ1n) is 7.08. The van der Waals surface area contributed by atoms with Crippen LogP contribution in [-0.4, -0.2) is 43.5 Å². The van der Waals surface area contributed by atoms with E-state index in [1.807, 2.05) is 0 Å². The summed E-state index contributed by atoms with van der Waals surface area (Å²) in [4.78, 5) is 14.0. The Kier molecular flexibility index (Phi) is 4.57. The van der Waals surface area contributed by atoms with Crippen LogP contribution in [0.25, 0.3) is 0 Å². The maximum Gasteiger partial charge on any atom is 0.129 e. The van der Waals surface area contributed by atoms with Crippen molar-refractivity contribution in [1.29, 1.82) is 0 Å². The van der Waals surface area contributed by atoms with E-state index in [1.165, 1.54) is 25.7 Å². The van der Waals surface area contributed by atoms with Crippen molar-refractivity contribution in [2.75, 3.05) is 26.3 Å². The quantitative estimate of drug-likeness (QED) is 0.705. The number of ether oxygens (including phenoxy) is 1.